The molecule has 0 amide bonds. The molecule has 3 aromatic rings. The first-order valence-corrected chi connectivity index (χ1v) is 7.64. The Kier molecular flexibility index (Phi) is 4.08. The number of hydrogen-bond donors (Lipinski definition) is 0. The van der Waals surface area contributed by atoms with Gasteiger partial charge < -0.3 is 4.74 Å². The Bertz CT molecular complexity index is 943. The summed E-state index contributed by atoms with van der Waals surface area (Å²) >= 11 is 15.4. The normalized spacial score (nSPS) is 10.9. The molecule has 2 heterocycles. The molecule has 2 aromatic heterocycles. The fourth-order valence-electron chi connectivity index (χ4n) is 2.10. The molecule has 0 N–H and O–H groups in total. The van der Waals surface area contributed by atoms with Gasteiger partial charge in [-0.3, -0.25) is 9.36 Å². The minimum Gasteiger partial charge on any atom is -0.480 e. The highest BCUT2D eigenvalue weighted by molar-refractivity contribution is 9.10. The highest BCUT2D eigenvalue weighted by atomic mass is 79.9. The van der Waals surface area contributed by atoms with Crippen LogP contribution < -0.4 is 10.3 Å². The predicted octanol–water partition coefficient (Wildman–Crippen LogP) is 3.86. The summed E-state index contributed by atoms with van der Waals surface area (Å²) in [5.41, 5.74) is 1.04. The maximum Gasteiger partial charge on any atom is 0.293 e. The zero-order chi connectivity index (χ0) is 15.9. The Morgan fingerprint density at radius 2 is 2.09 bits per heavy atom. The standard InChI is InChI=1S/C14H8BrCl2N3O2/c1-22-13-10(3-2-4-18-13)20-11-5-7(15)8(16)6-9(11)19-12(17)14(20)21/h2-6H,1H3. The SMILES string of the molecule is COc1ncccc1-n1c(=O)c(Cl)nc2cc(Cl)c(Br)cc21. The maximum absolute atomic E-state index is 12.5. The molecule has 0 unspecified atom stereocenters. The first-order valence-electron chi connectivity index (χ1n) is 6.09. The highest BCUT2D eigenvalue weighted by Gasteiger charge is 2.16. The first kappa shape index (κ1) is 15.3. The Balaban J connectivity index is 2.49. The fourth-order valence-corrected chi connectivity index (χ4v) is 2.76. The predicted molar refractivity (Wildman–Crippen MR) is 89.4 cm³/mol. The van der Waals surface area contributed by atoms with Gasteiger partial charge in [0.1, 0.15) is 5.69 Å². The molecule has 0 aliphatic carbocycles. The van der Waals surface area contributed by atoms with Crippen LogP contribution >= 0.6 is 39.1 Å². The van der Waals surface area contributed by atoms with Gasteiger partial charge in [-0.25, -0.2) is 9.97 Å². The molecule has 0 fully saturated rings. The third-order valence-electron chi connectivity index (χ3n) is 3.04. The molecule has 0 saturated carbocycles. The van der Waals surface area contributed by atoms with Crippen molar-refractivity contribution < 1.29 is 4.74 Å². The minimum absolute atomic E-state index is 0.156. The monoisotopic (exact) mass is 399 g/mol. The van der Waals surface area contributed by atoms with Crippen molar-refractivity contribution in [2.75, 3.05) is 7.11 Å². The number of aromatic nitrogens is 3. The number of rotatable bonds is 2. The molecule has 0 spiro atoms. The van der Waals surface area contributed by atoms with Gasteiger partial charge in [0.25, 0.3) is 5.56 Å². The van der Waals surface area contributed by atoms with Crippen LogP contribution in [0.2, 0.25) is 10.2 Å². The highest BCUT2D eigenvalue weighted by Crippen LogP contribution is 2.29. The van der Waals surface area contributed by atoms with Crippen molar-refractivity contribution in [2.24, 2.45) is 0 Å². The van der Waals surface area contributed by atoms with Crippen LogP contribution in [0.4, 0.5) is 0 Å². The molecule has 0 atom stereocenters. The van der Waals surface area contributed by atoms with Crippen LogP contribution in [-0.4, -0.2) is 21.6 Å². The van der Waals surface area contributed by atoms with Crippen molar-refractivity contribution in [2.45, 2.75) is 0 Å². The molecule has 112 valence electrons. The number of hydrogen-bond acceptors (Lipinski definition) is 4. The quantitative estimate of drug-likeness (QED) is 0.655. The van der Waals surface area contributed by atoms with Gasteiger partial charge in [-0.1, -0.05) is 23.2 Å². The molecular weight excluding hydrogens is 393 g/mol. The lowest BCUT2D eigenvalue weighted by Gasteiger charge is -2.13. The van der Waals surface area contributed by atoms with Gasteiger partial charge >= 0.3 is 0 Å². The van der Waals surface area contributed by atoms with Crippen LogP contribution in [0.25, 0.3) is 16.7 Å². The largest absolute Gasteiger partial charge is 0.480 e. The molecule has 0 radical (unpaired) electrons. The van der Waals surface area contributed by atoms with Gasteiger partial charge in [0.15, 0.2) is 5.15 Å². The first-order chi connectivity index (χ1) is 10.5. The number of halogens is 3. The summed E-state index contributed by atoms with van der Waals surface area (Å²) in [6.07, 6.45) is 1.57. The molecule has 5 nitrogen and oxygen atoms in total. The number of pyridine rings is 1. The van der Waals surface area contributed by atoms with E-state index in [9.17, 15) is 4.79 Å². The Morgan fingerprint density at radius 1 is 1.32 bits per heavy atom. The van der Waals surface area contributed by atoms with E-state index in [0.717, 1.165) is 0 Å². The van der Waals surface area contributed by atoms with E-state index in [0.29, 0.717) is 32.1 Å². The van der Waals surface area contributed by atoms with Crippen LogP contribution in [-0.2, 0) is 0 Å². The lowest BCUT2D eigenvalue weighted by atomic mass is 10.2. The second-order valence-corrected chi connectivity index (χ2v) is 5.95. The van der Waals surface area contributed by atoms with Gasteiger partial charge in [0.2, 0.25) is 5.88 Å². The summed E-state index contributed by atoms with van der Waals surface area (Å²) in [5.74, 6) is 0.305. The van der Waals surface area contributed by atoms with E-state index >= 15 is 0 Å². The van der Waals surface area contributed by atoms with Crippen LogP contribution in [0, 0.1) is 0 Å². The van der Waals surface area contributed by atoms with Crippen LogP contribution in [0.1, 0.15) is 0 Å². The van der Waals surface area contributed by atoms with E-state index in [1.165, 1.54) is 11.7 Å². The summed E-state index contributed by atoms with van der Waals surface area (Å²) in [6.45, 7) is 0. The summed E-state index contributed by atoms with van der Waals surface area (Å²) in [6, 6.07) is 6.75. The smallest absolute Gasteiger partial charge is 0.293 e. The molecule has 0 saturated heterocycles. The topological polar surface area (TPSA) is 57.0 Å². The van der Waals surface area contributed by atoms with Crippen molar-refractivity contribution in [3.63, 3.8) is 0 Å². The van der Waals surface area contributed by atoms with Gasteiger partial charge in [0, 0.05) is 10.7 Å². The van der Waals surface area contributed by atoms with Crippen LogP contribution in [0.5, 0.6) is 5.88 Å². The van der Waals surface area contributed by atoms with Gasteiger partial charge in [-0.15, -0.1) is 0 Å². The van der Waals surface area contributed by atoms with Gasteiger partial charge in [0.05, 0.1) is 23.2 Å². The van der Waals surface area contributed by atoms with Gasteiger partial charge in [-0.2, -0.15) is 0 Å². The van der Waals surface area contributed by atoms with Crippen molar-refractivity contribution >= 4 is 50.2 Å². The van der Waals surface area contributed by atoms with Gasteiger partial charge in [-0.05, 0) is 40.2 Å². The Labute approximate surface area is 143 Å². The number of ether oxygens (including phenoxy) is 1. The lowest BCUT2D eigenvalue weighted by molar-refractivity contribution is 0.396. The zero-order valence-corrected chi connectivity index (χ0v) is 14.3. The molecule has 3 rings (SSSR count). The zero-order valence-electron chi connectivity index (χ0n) is 11.2. The average molecular weight is 401 g/mol. The molecule has 1 aromatic carbocycles. The third-order valence-corrected chi connectivity index (χ3v) is 4.49. The van der Waals surface area contributed by atoms with Crippen LogP contribution in [0.15, 0.2) is 39.7 Å². The van der Waals surface area contributed by atoms with Crippen molar-refractivity contribution in [3.8, 4) is 11.6 Å². The minimum atomic E-state index is -0.463. The second kappa shape index (κ2) is 5.87. The van der Waals surface area contributed by atoms with Crippen molar-refractivity contribution in [1.82, 2.24) is 14.5 Å². The number of nitrogens with zero attached hydrogens (tertiary/aromatic N) is 3. The number of fused-ring (bicyclic) bond motifs is 1. The molecule has 0 aliphatic rings. The Hall–Kier alpha value is -1.63. The maximum atomic E-state index is 12.5. The summed E-state index contributed by atoms with van der Waals surface area (Å²) < 4.78 is 7.27. The number of benzene rings is 1. The molecular formula is C14H8BrCl2N3O2. The van der Waals surface area contributed by atoms with E-state index in [-0.39, 0.29) is 5.15 Å². The summed E-state index contributed by atoms with van der Waals surface area (Å²) in [4.78, 5) is 20.7. The van der Waals surface area contributed by atoms with E-state index in [1.54, 1.807) is 30.5 Å². The number of methoxy groups -OCH3 is 1. The Morgan fingerprint density at radius 3 is 2.82 bits per heavy atom. The summed E-state index contributed by atoms with van der Waals surface area (Å²) in [7, 11) is 1.48. The molecule has 22 heavy (non-hydrogen) atoms. The van der Waals surface area contributed by atoms with E-state index in [4.69, 9.17) is 27.9 Å². The van der Waals surface area contributed by atoms with E-state index in [1.807, 2.05) is 0 Å². The van der Waals surface area contributed by atoms with Crippen molar-refractivity contribution in [3.05, 3.63) is 55.5 Å². The third kappa shape index (κ3) is 2.47. The molecule has 8 heteroatoms. The molecule has 0 aliphatic heterocycles. The van der Waals surface area contributed by atoms with E-state index < -0.39 is 5.56 Å². The second-order valence-electron chi connectivity index (χ2n) is 4.33. The average Bonchev–Trinajstić information content (AvgIpc) is 2.51. The lowest BCUT2D eigenvalue weighted by Crippen LogP contribution is -2.21. The van der Waals surface area contributed by atoms with E-state index in [2.05, 4.69) is 25.9 Å². The van der Waals surface area contributed by atoms with Crippen molar-refractivity contribution in [1.29, 1.82) is 0 Å². The molecule has 0 bridgehead atoms. The fraction of sp³-hybridized carbons (Fsp3) is 0.0714. The van der Waals surface area contributed by atoms with Crippen LogP contribution in [0.3, 0.4) is 0 Å². The summed E-state index contributed by atoms with van der Waals surface area (Å²) in [5, 5.41) is 0.316.